The minimum absolute atomic E-state index is 0.0663. The molecule has 0 aromatic heterocycles. The van der Waals surface area contributed by atoms with Gasteiger partial charge >= 0.3 is 5.97 Å². The lowest BCUT2D eigenvalue weighted by atomic mass is 9.44. The van der Waals surface area contributed by atoms with Crippen LogP contribution < -0.4 is 0 Å². The van der Waals surface area contributed by atoms with Crippen LogP contribution in [0, 0.1) is 34.5 Å². The number of hydrogen-bond donors (Lipinski definition) is 2. The Balaban J connectivity index is 1.23. The van der Waals surface area contributed by atoms with Crippen LogP contribution in [0.1, 0.15) is 60.3 Å². The van der Waals surface area contributed by atoms with E-state index in [1.165, 1.54) is 0 Å². The van der Waals surface area contributed by atoms with E-state index in [1.807, 2.05) is 13.8 Å². The first-order chi connectivity index (χ1) is 16.4. The van der Waals surface area contributed by atoms with Crippen LogP contribution in [-0.4, -0.2) is 63.7 Å². The van der Waals surface area contributed by atoms with Crippen LogP contribution in [0.15, 0.2) is 23.3 Å². The summed E-state index contributed by atoms with van der Waals surface area (Å²) in [6, 6.07) is 0. The van der Waals surface area contributed by atoms with Crippen molar-refractivity contribution in [3.05, 3.63) is 23.3 Å². The second kappa shape index (κ2) is 6.47. The fourth-order valence-electron chi connectivity index (χ4n) is 10.0. The fraction of sp³-hybridized carbons (Fsp3) is 0.786. The lowest BCUT2D eigenvalue weighted by molar-refractivity contribution is -0.169. The lowest BCUT2D eigenvalue weighted by Gasteiger charge is -2.58. The number of carbonyl (C=O) groups excluding carboxylic acids is 2. The van der Waals surface area contributed by atoms with Crippen molar-refractivity contribution in [2.24, 2.45) is 34.5 Å². The van der Waals surface area contributed by atoms with Gasteiger partial charge in [0.25, 0.3) is 0 Å². The monoisotopic (exact) mass is 484 g/mol. The molecule has 5 fully saturated rings. The second-order valence-corrected chi connectivity index (χ2v) is 12.9. The average Bonchev–Trinajstić information content (AvgIpc) is 3.72. The minimum Gasteiger partial charge on any atom is -0.455 e. The summed E-state index contributed by atoms with van der Waals surface area (Å²) in [5.41, 5.74) is -0.906. The summed E-state index contributed by atoms with van der Waals surface area (Å²) in [5, 5.41) is 21.9. The van der Waals surface area contributed by atoms with E-state index in [-0.39, 0.29) is 41.2 Å². The van der Waals surface area contributed by atoms with E-state index < -0.39 is 34.9 Å². The van der Waals surface area contributed by atoms with Crippen molar-refractivity contribution < 1.29 is 34.0 Å². The topological polar surface area (TPSA) is 109 Å². The van der Waals surface area contributed by atoms with Crippen molar-refractivity contribution in [1.82, 2.24) is 0 Å². The number of epoxide rings is 2. The molecule has 4 aliphatic carbocycles. The molecule has 3 aliphatic heterocycles. The molecule has 0 aromatic rings. The zero-order chi connectivity index (χ0) is 24.9. The molecule has 0 bridgehead atoms. The number of ketones is 1. The zero-order valence-corrected chi connectivity index (χ0v) is 21.1. The Morgan fingerprint density at radius 3 is 2.54 bits per heavy atom. The van der Waals surface area contributed by atoms with Crippen molar-refractivity contribution in [1.29, 1.82) is 0 Å². The van der Waals surface area contributed by atoms with Crippen molar-refractivity contribution in [2.75, 3.05) is 0 Å². The van der Waals surface area contributed by atoms with Gasteiger partial charge in [0.2, 0.25) is 0 Å². The number of esters is 1. The fourth-order valence-corrected chi connectivity index (χ4v) is 10.0. The van der Waals surface area contributed by atoms with E-state index >= 15 is 0 Å². The molecule has 13 atom stereocenters. The number of aliphatic hydroxyl groups excluding tert-OH is 2. The summed E-state index contributed by atoms with van der Waals surface area (Å²) in [5.74, 6) is 0.393. The van der Waals surface area contributed by atoms with Gasteiger partial charge in [-0.15, -0.1) is 0 Å². The maximum atomic E-state index is 13.3. The van der Waals surface area contributed by atoms with Gasteiger partial charge in [0.05, 0.1) is 17.6 Å². The summed E-state index contributed by atoms with van der Waals surface area (Å²) in [6.45, 7) is 9.92. The third-order valence-electron chi connectivity index (χ3n) is 12.2. The summed E-state index contributed by atoms with van der Waals surface area (Å²) in [6.07, 6.45) is 4.49. The number of hydrogen-bond acceptors (Lipinski definition) is 7. The molecule has 7 rings (SSSR count). The van der Waals surface area contributed by atoms with E-state index in [2.05, 4.69) is 13.8 Å². The highest BCUT2D eigenvalue weighted by Crippen LogP contribution is 2.78. The molecule has 7 nitrogen and oxygen atoms in total. The molecule has 35 heavy (non-hydrogen) atoms. The van der Waals surface area contributed by atoms with Crippen molar-refractivity contribution in [3.8, 4) is 0 Å². The van der Waals surface area contributed by atoms with Gasteiger partial charge in [0.1, 0.15) is 29.5 Å². The highest BCUT2D eigenvalue weighted by atomic mass is 16.6. The largest absolute Gasteiger partial charge is 0.455 e. The van der Waals surface area contributed by atoms with Gasteiger partial charge in [-0.3, -0.25) is 4.79 Å². The predicted molar refractivity (Wildman–Crippen MR) is 124 cm³/mol. The van der Waals surface area contributed by atoms with Crippen LogP contribution in [-0.2, 0) is 23.8 Å². The van der Waals surface area contributed by atoms with Gasteiger partial charge in [-0.1, -0.05) is 13.8 Å². The van der Waals surface area contributed by atoms with Gasteiger partial charge in [-0.25, -0.2) is 4.79 Å². The Kier molecular flexibility index (Phi) is 4.19. The highest BCUT2D eigenvalue weighted by molar-refractivity contribution is 5.98. The number of allylic oxidation sites excluding steroid dienone is 1. The van der Waals surface area contributed by atoms with Crippen LogP contribution in [0.2, 0.25) is 0 Å². The first-order valence-electron chi connectivity index (χ1n) is 13.3. The number of ether oxygens (including phenoxy) is 3. The van der Waals surface area contributed by atoms with Gasteiger partial charge < -0.3 is 24.4 Å². The molecule has 0 amide bonds. The van der Waals surface area contributed by atoms with Gasteiger partial charge in [-0.2, -0.15) is 0 Å². The summed E-state index contributed by atoms with van der Waals surface area (Å²) in [7, 11) is 0. The van der Waals surface area contributed by atoms with Crippen LogP contribution in [0.5, 0.6) is 0 Å². The Morgan fingerprint density at radius 2 is 1.80 bits per heavy atom. The average molecular weight is 485 g/mol. The molecular formula is C28H36O7. The van der Waals surface area contributed by atoms with Gasteiger partial charge in [-0.05, 0) is 81.9 Å². The van der Waals surface area contributed by atoms with Crippen molar-refractivity contribution in [3.63, 3.8) is 0 Å². The molecule has 1 unspecified atom stereocenters. The first kappa shape index (κ1) is 22.6. The molecular weight excluding hydrogens is 448 g/mol. The summed E-state index contributed by atoms with van der Waals surface area (Å²) >= 11 is 0. The quantitative estimate of drug-likeness (QED) is 0.458. The smallest absolute Gasteiger partial charge is 0.334 e. The van der Waals surface area contributed by atoms with Crippen LogP contribution in [0.3, 0.4) is 0 Å². The van der Waals surface area contributed by atoms with E-state index in [1.54, 1.807) is 19.1 Å². The standard InChI is InChI=1S/C28H36O7/c1-12-13(2)24(32)33-23(22(12)31)14(3)27-21(34-27)11-17-15-10-20-28(35-20)19(30)7-6-18(29)26(28,5)16(15)8-9-25(17,27)4/h6-7,14-17,19-23,30-31H,8-11H2,1-5H3/t14-,15-,16+,17+,19+,20-,21-,22+,23+,25?,26+,27-,28-/m1/s1. The van der Waals surface area contributed by atoms with Gasteiger partial charge in [0, 0.05) is 16.9 Å². The highest BCUT2D eigenvalue weighted by Gasteiger charge is 2.84. The van der Waals surface area contributed by atoms with E-state index in [0.29, 0.717) is 23.0 Å². The van der Waals surface area contributed by atoms with Crippen molar-refractivity contribution in [2.45, 2.75) is 102 Å². The summed E-state index contributed by atoms with van der Waals surface area (Å²) < 4.78 is 18.5. The van der Waals surface area contributed by atoms with Crippen LogP contribution >= 0.6 is 0 Å². The predicted octanol–water partition coefficient (Wildman–Crippen LogP) is 2.48. The van der Waals surface area contributed by atoms with E-state index in [0.717, 1.165) is 25.7 Å². The SMILES string of the molecule is CC1=C(C)[C@H](O)[C@H]([C@@H](C)[C@@]23O[C@@H]2C[C@H]2[C@@H]4C[C@H]5O[C@]56[C@@H](O)C=CC(=O)[C@]6(C)[C@H]4CCC23C)OC1=O. The molecule has 2 N–H and O–H groups in total. The molecule has 0 radical (unpaired) electrons. The maximum Gasteiger partial charge on any atom is 0.334 e. The lowest BCUT2D eigenvalue weighted by Crippen LogP contribution is -2.64. The molecule has 190 valence electrons. The van der Waals surface area contributed by atoms with E-state index in [4.69, 9.17) is 14.2 Å². The number of carbonyl (C=O) groups is 2. The second-order valence-electron chi connectivity index (χ2n) is 12.9. The Morgan fingerprint density at radius 1 is 1.06 bits per heavy atom. The summed E-state index contributed by atoms with van der Waals surface area (Å²) in [4.78, 5) is 25.9. The maximum absolute atomic E-state index is 13.3. The zero-order valence-electron chi connectivity index (χ0n) is 21.1. The number of cyclic esters (lactones) is 1. The molecule has 7 aliphatic rings. The number of aliphatic hydroxyl groups is 2. The molecule has 7 heteroatoms. The Hall–Kier alpha value is -1.54. The minimum atomic E-state index is -0.830. The molecule has 3 heterocycles. The van der Waals surface area contributed by atoms with Crippen LogP contribution in [0.4, 0.5) is 0 Å². The van der Waals surface area contributed by atoms with E-state index in [9.17, 15) is 19.8 Å². The molecule has 3 saturated carbocycles. The number of fused-ring (bicyclic) bond motifs is 6. The Bertz CT molecular complexity index is 1110. The first-order valence-corrected chi connectivity index (χ1v) is 13.3. The van der Waals surface area contributed by atoms with Crippen molar-refractivity contribution >= 4 is 11.8 Å². The van der Waals surface area contributed by atoms with Gasteiger partial charge in [0.15, 0.2) is 5.78 Å². The molecule has 2 saturated heterocycles. The normalized spacial score (nSPS) is 58.5. The van der Waals surface area contributed by atoms with Crippen LogP contribution in [0.25, 0.3) is 0 Å². The Labute approximate surface area is 205 Å². The molecule has 0 aromatic carbocycles. The number of rotatable bonds is 2. The third kappa shape index (κ3) is 2.26. The molecule has 1 spiro atoms. The third-order valence-corrected chi connectivity index (χ3v) is 12.2.